The maximum Gasteiger partial charge on any atom is 0.231 e. The summed E-state index contributed by atoms with van der Waals surface area (Å²) in [5, 5.41) is 8.99. The number of ether oxygens (including phenoxy) is 1. The van der Waals surface area contributed by atoms with Gasteiger partial charge in [0, 0.05) is 18.3 Å². The Morgan fingerprint density at radius 1 is 1.21 bits per heavy atom. The zero-order valence-electron chi connectivity index (χ0n) is 15.6. The molecule has 0 radical (unpaired) electrons. The monoisotopic (exact) mass is 369 g/mol. The van der Waals surface area contributed by atoms with Crippen molar-refractivity contribution in [2.75, 3.05) is 18.6 Å². The first-order valence-corrected chi connectivity index (χ1v) is 9.10. The van der Waals surface area contributed by atoms with Gasteiger partial charge in [-0.15, -0.1) is 0 Å². The zero-order chi connectivity index (χ0) is 19.5. The number of aromatic nitrogens is 1. The van der Waals surface area contributed by atoms with E-state index in [1.54, 1.807) is 25.4 Å². The number of carbonyl (C=O) groups is 1. The SMILES string of the molecule is COc1cccc(CC(=O)N2CCc3c(-c4ccc(C#N)cc4)cncc32)c1. The molecule has 2 heterocycles. The number of nitrogens with zero attached hydrogens (tertiary/aromatic N) is 3. The number of hydrogen-bond acceptors (Lipinski definition) is 4. The molecule has 0 fully saturated rings. The van der Waals surface area contributed by atoms with Gasteiger partial charge in [0.05, 0.1) is 37.0 Å². The fraction of sp³-hybridized carbons (Fsp3) is 0.174. The Hall–Kier alpha value is -3.65. The highest BCUT2D eigenvalue weighted by molar-refractivity contribution is 5.98. The number of methoxy groups -OCH3 is 1. The van der Waals surface area contributed by atoms with Crippen molar-refractivity contribution < 1.29 is 9.53 Å². The molecule has 5 nitrogen and oxygen atoms in total. The Morgan fingerprint density at radius 3 is 2.79 bits per heavy atom. The van der Waals surface area contributed by atoms with E-state index in [2.05, 4.69) is 11.1 Å². The number of benzene rings is 2. The first kappa shape index (κ1) is 17.7. The van der Waals surface area contributed by atoms with Gasteiger partial charge in [-0.05, 0) is 47.4 Å². The first-order chi connectivity index (χ1) is 13.7. The fourth-order valence-electron chi connectivity index (χ4n) is 3.60. The molecule has 0 saturated heterocycles. The van der Waals surface area contributed by atoms with Crippen molar-refractivity contribution in [3.05, 3.63) is 77.6 Å². The topological polar surface area (TPSA) is 66.2 Å². The number of anilines is 1. The first-order valence-electron chi connectivity index (χ1n) is 9.10. The summed E-state index contributed by atoms with van der Waals surface area (Å²) in [6.45, 7) is 0.646. The molecule has 0 saturated carbocycles. The molecular formula is C23H19N3O2. The second-order valence-electron chi connectivity index (χ2n) is 6.70. The molecule has 0 atom stereocenters. The predicted molar refractivity (Wildman–Crippen MR) is 107 cm³/mol. The van der Waals surface area contributed by atoms with E-state index >= 15 is 0 Å². The van der Waals surface area contributed by atoms with Gasteiger partial charge in [0.1, 0.15) is 5.75 Å². The second-order valence-corrected chi connectivity index (χ2v) is 6.70. The van der Waals surface area contributed by atoms with E-state index in [1.807, 2.05) is 47.5 Å². The Kier molecular flexibility index (Phi) is 4.77. The van der Waals surface area contributed by atoms with Crippen LogP contribution < -0.4 is 9.64 Å². The van der Waals surface area contributed by atoms with Crippen molar-refractivity contribution in [2.24, 2.45) is 0 Å². The molecule has 138 valence electrons. The molecule has 0 N–H and O–H groups in total. The number of fused-ring (bicyclic) bond motifs is 1. The van der Waals surface area contributed by atoms with E-state index in [0.717, 1.165) is 40.1 Å². The third kappa shape index (κ3) is 3.33. The summed E-state index contributed by atoms with van der Waals surface area (Å²) in [6.07, 6.45) is 4.70. The largest absolute Gasteiger partial charge is 0.497 e. The minimum absolute atomic E-state index is 0.0470. The van der Waals surface area contributed by atoms with E-state index in [-0.39, 0.29) is 5.91 Å². The van der Waals surface area contributed by atoms with Crippen LogP contribution in [0.2, 0.25) is 0 Å². The number of carbonyl (C=O) groups excluding carboxylic acids is 1. The summed E-state index contributed by atoms with van der Waals surface area (Å²) in [5.74, 6) is 0.794. The van der Waals surface area contributed by atoms with Crippen LogP contribution in [0.4, 0.5) is 5.69 Å². The molecule has 1 amide bonds. The molecule has 2 aromatic carbocycles. The average molecular weight is 369 g/mol. The highest BCUT2D eigenvalue weighted by atomic mass is 16.5. The van der Waals surface area contributed by atoms with Crippen molar-refractivity contribution in [3.63, 3.8) is 0 Å². The number of hydrogen-bond donors (Lipinski definition) is 0. The number of amides is 1. The molecule has 5 heteroatoms. The molecule has 1 aliphatic heterocycles. The normalized spacial score (nSPS) is 12.4. The fourth-order valence-corrected chi connectivity index (χ4v) is 3.60. The summed E-state index contributed by atoms with van der Waals surface area (Å²) < 4.78 is 5.24. The van der Waals surface area contributed by atoms with Gasteiger partial charge >= 0.3 is 0 Å². The maximum absolute atomic E-state index is 12.9. The molecule has 1 aromatic heterocycles. The zero-order valence-corrected chi connectivity index (χ0v) is 15.6. The molecular weight excluding hydrogens is 350 g/mol. The Balaban J connectivity index is 1.60. The van der Waals surface area contributed by atoms with E-state index in [0.29, 0.717) is 18.5 Å². The van der Waals surface area contributed by atoms with Gasteiger partial charge in [-0.2, -0.15) is 5.26 Å². The van der Waals surface area contributed by atoms with Gasteiger partial charge in [0.25, 0.3) is 0 Å². The highest BCUT2D eigenvalue weighted by Crippen LogP contribution is 2.35. The maximum atomic E-state index is 12.9. The van der Waals surface area contributed by atoms with Crippen molar-refractivity contribution >= 4 is 11.6 Å². The summed E-state index contributed by atoms with van der Waals surface area (Å²) >= 11 is 0. The van der Waals surface area contributed by atoms with Crippen LogP contribution in [0, 0.1) is 11.3 Å². The van der Waals surface area contributed by atoms with Crippen LogP contribution in [0.1, 0.15) is 16.7 Å². The van der Waals surface area contributed by atoms with Gasteiger partial charge in [0.2, 0.25) is 5.91 Å². The molecule has 3 aromatic rings. The van der Waals surface area contributed by atoms with Crippen molar-refractivity contribution in [3.8, 4) is 22.9 Å². The molecule has 0 unspecified atom stereocenters. The van der Waals surface area contributed by atoms with Crippen LogP contribution in [-0.2, 0) is 17.6 Å². The van der Waals surface area contributed by atoms with E-state index in [1.165, 1.54) is 0 Å². The standard InChI is InChI=1S/C23H19N3O2/c1-28-19-4-2-3-17(11-19)12-23(27)26-10-9-20-21(14-25-15-22(20)26)18-7-5-16(13-24)6-8-18/h2-8,11,14-15H,9-10,12H2,1H3. The van der Waals surface area contributed by atoms with Crippen LogP contribution in [0.5, 0.6) is 5.75 Å². The summed E-state index contributed by atoms with van der Waals surface area (Å²) in [7, 11) is 1.62. The van der Waals surface area contributed by atoms with Gasteiger partial charge in [-0.25, -0.2) is 0 Å². The van der Waals surface area contributed by atoms with Crippen molar-refractivity contribution in [1.29, 1.82) is 5.26 Å². The number of nitriles is 1. The van der Waals surface area contributed by atoms with E-state index in [9.17, 15) is 4.79 Å². The van der Waals surface area contributed by atoms with Gasteiger partial charge in [-0.3, -0.25) is 9.78 Å². The lowest BCUT2D eigenvalue weighted by atomic mass is 9.99. The lowest BCUT2D eigenvalue weighted by Gasteiger charge is -2.18. The molecule has 28 heavy (non-hydrogen) atoms. The number of rotatable bonds is 4. The summed E-state index contributed by atoms with van der Waals surface area (Å²) in [4.78, 5) is 19.1. The average Bonchev–Trinajstić information content (AvgIpc) is 3.18. The molecule has 0 bridgehead atoms. The number of pyridine rings is 1. The molecule has 0 aliphatic carbocycles. The van der Waals surface area contributed by atoms with Crippen LogP contribution in [0.15, 0.2) is 60.9 Å². The third-order valence-electron chi connectivity index (χ3n) is 5.03. The summed E-state index contributed by atoms with van der Waals surface area (Å²) in [6, 6.07) is 17.2. The van der Waals surface area contributed by atoms with Gasteiger partial charge < -0.3 is 9.64 Å². The summed E-state index contributed by atoms with van der Waals surface area (Å²) in [5.41, 5.74) is 5.56. The van der Waals surface area contributed by atoms with E-state index < -0.39 is 0 Å². The smallest absolute Gasteiger partial charge is 0.231 e. The quantitative estimate of drug-likeness (QED) is 0.702. The van der Waals surface area contributed by atoms with Crippen LogP contribution in [0.3, 0.4) is 0 Å². The van der Waals surface area contributed by atoms with Crippen molar-refractivity contribution in [1.82, 2.24) is 4.98 Å². The molecule has 4 rings (SSSR count). The molecule has 0 spiro atoms. The van der Waals surface area contributed by atoms with Crippen LogP contribution in [0.25, 0.3) is 11.1 Å². The minimum Gasteiger partial charge on any atom is -0.497 e. The minimum atomic E-state index is 0.0470. The third-order valence-corrected chi connectivity index (χ3v) is 5.03. The Labute approximate surface area is 163 Å². The van der Waals surface area contributed by atoms with E-state index in [4.69, 9.17) is 10.00 Å². The Morgan fingerprint density at radius 2 is 2.04 bits per heavy atom. The predicted octanol–water partition coefficient (Wildman–Crippen LogP) is 3.76. The lowest BCUT2D eigenvalue weighted by molar-refractivity contribution is -0.117. The van der Waals surface area contributed by atoms with Gasteiger partial charge in [-0.1, -0.05) is 24.3 Å². The highest BCUT2D eigenvalue weighted by Gasteiger charge is 2.27. The Bertz CT molecular complexity index is 1070. The van der Waals surface area contributed by atoms with Crippen molar-refractivity contribution in [2.45, 2.75) is 12.8 Å². The van der Waals surface area contributed by atoms with Crippen LogP contribution >= 0.6 is 0 Å². The second kappa shape index (κ2) is 7.53. The lowest BCUT2D eigenvalue weighted by Crippen LogP contribution is -2.30. The van der Waals surface area contributed by atoms with Gasteiger partial charge in [0.15, 0.2) is 0 Å². The molecule has 1 aliphatic rings. The van der Waals surface area contributed by atoms with Crippen LogP contribution in [-0.4, -0.2) is 24.5 Å².